The number of ether oxygens (including phenoxy) is 1. The lowest BCUT2D eigenvalue weighted by Gasteiger charge is -2.08. The van der Waals surface area contributed by atoms with Crippen LogP contribution in [0, 0.1) is 0 Å². The number of carbonyl (C=O) groups is 3. The van der Waals surface area contributed by atoms with Crippen LogP contribution in [0.3, 0.4) is 0 Å². The number of hydrogen-bond acceptors (Lipinski definition) is 5. The Labute approximate surface area is 142 Å². The van der Waals surface area contributed by atoms with Crippen molar-refractivity contribution in [2.45, 2.75) is 16.2 Å². The minimum atomic E-state index is -1.16. The van der Waals surface area contributed by atoms with Crippen LogP contribution < -0.4 is 0 Å². The summed E-state index contributed by atoms with van der Waals surface area (Å²) in [5, 5.41) is 18.0. The van der Waals surface area contributed by atoms with Gasteiger partial charge in [-0.2, -0.15) is 0 Å². The molecule has 0 fully saturated rings. The predicted molar refractivity (Wildman–Crippen MR) is 86.6 cm³/mol. The monoisotopic (exact) mass is 346 g/mol. The van der Waals surface area contributed by atoms with E-state index in [1.165, 1.54) is 24.9 Å². The van der Waals surface area contributed by atoms with E-state index in [1.807, 2.05) is 0 Å². The number of aliphatic carboxylic acids is 1. The van der Waals surface area contributed by atoms with E-state index in [0.717, 1.165) is 4.90 Å². The molecule has 2 N–H and O–H groups in total. The van der Waals surface area contributed by atoms with Gasteiger partial charge in [-0.05, 0) is 48.0 Å². The van der Waals surface area contributed by atoms with E-state index in [-0.39, 0.29) is 17.5 Å². The van der Waals surface area contributed by atoms with Gasteiger partial charge in [-0.1, -0.05) is 11.8 Å². The Kier molecular flexibility index (Phi) is 5.59. The first-order chi connectivity index (χ1) is 11.4. The lowest BCUT2D eigenvalue weighted by Crippen LogP contribution is -2.07. The molecule has 0 spiro atoms. The summed E-state index contributed by atoms with van der Waals surface area (Å²) >= 11 is 1.34. The van der Waals surface area contributed by atoms with E-state index < -0.39 is 17.9 Å². The molecule has 0 aliphatic heterocycles. The molecule has 24 heavy (non-hydrogen) atoms. The van der Waals surface area contributed by atoms with Crippen molar-refractivity contribution in [2.75, 3.05) is 7.11 Å². The Morgan fingerprint density at radius 3 is 2.17 bits per heavy atom. The van der Waals surface area contributed by atoms with Gasteiger partial charge in [-0.3, -0.25) is 4.79 Å². The summed E-state index contributed by atoms with van der Waals surface area (Å²) in [6.45, 7) is 0. The van der Waals surface area contributed by atoms with Gasteiger partial charge in [0.2, 0.25) is 0 Å². The van der Waals surface area contributed by atoms with E-state index in [1.54, 1.807) is 36.4 Å². The fraction of sp³-hybridized carbons (Fsp3) is 0.118. The average Bonchev–Trinajstić information content (AvgIpc) is 2.54. The third kappa shape index (κ3) is 4.36. The zero-order valence-corrected chi connectivity index (χ0v) is 13.5. The molecule has 0 atom stereocenters. The number of rotatable bonds is 6. The molecule has 0 amide bonds. The summed E-state index contributed by atoms with van der Waals surface area (Å²) in [6, 6.07) is 11.3. The number of carboxylic acids is 2. The van der Waals surface area contributed by atoms with Crippen molar-refractivity contribution < 1.29 is 29.3 Å². The van der Waals surface area contributed by atoms with Crippen molar-refractivity contribution in [3.05, 3.63) is 59.2 Å². The van der Waals surface area contributed by atoms with Crippen molar-refractivity contribution in [3.8, 4) is 0 Å². The van der Waals surface area contributed by atoms with E-state index in [0.29, 0.717) is 10.5 Å². The van der Waals surface area contributed by atoms with Crippen LogP contribution in [0.15, 0.2) is 52.3 Å². The molecule has 2 rings (SSSR count). The van der Waals surface area contributed by atoms with Gasteiger partial charge in [0.15, 0.2) is 0 Å². The standard InChI is InChI=1S/C17H14O6S/c1-23-17(22)10-2-4-12(5-3-10)24-13-6-7-14(16(20)21)11(8-13)9-15(18)19/h2-8H,9H2,1H3,(H,18,19)(H,20,21). The molecule has 0 saturated carbocycles. The summed E-state index contributed by atoms with van der Waals surface area (Å²) in [4.78, 5) is 35.0. The quantitative estimate of drug-likeness (QED) is 0.775. The zero-order valence-electron chi connectivity index (χ0n) is 12.7. The van der Waals surface area contributed by atoms with Gasteiger partial charge in [0, 0.05) is 9.79 Å². The molecular weight excluding hydrogens is 332 g/mol. The first kappa shape index (κ1) is 17.6. The summed E-state index contributed by atoms with van der Waals surface area (Å²) in [6.07, 6.45) is -0.364. The molecular formula is C17H14O6S. The van der Waals surface area contributed by atoms with Gasteiger partial charge in [0.1, 0.15) is 0 Å². The minimum Gasteiger partial charge on any atom is -0.481 e. The van der Waals surface area contributed by atoms with Crippen LogP contribution in [-0.4, -0.2) is 35.2 Å². The molecule has 6 nitrogen and oxygen atoms in total. The van der Waals surface area contributed by atoms with Crippen LogP contribution in [-0.2, 0) is 16.0 Å². The second-order valence-corrected chi connectivity index (χ2v) is 5.96. The van der Waals surface area contributed by atoms with E-state index in [9.17, 15) is 14.4 Å². The fourth-order valence-corrected chi connectivity index (χ4v) is 2.95. The smallest absolute Gasteiger partial charge is 0.337 e. The van der Waals surface area contributed by atoms with Gasteiger partial charge in [0.05, 0.1) is 24.7 Å². The zero-order chi connectivity index (χ0) is 17.7. The summed E-state index contributed by atoms with van der Waals surface area (Å²) in [7, 11) is 1.30. The molecule has 0 radical (unpaired) electrons. The third-order valence-corrected chi connectivity index (χ3v) is 4.16. The Balaban J connectivity index is 2.24. The molecule has 7 heteroatoms. The Morgan fingerprint density at radius 2 is 1.62 bits per heavy atom. The van der Waals surface area contributed by atoms with Gasteiger partial charge >= 0.3 is 17.9 Å². The van der Waals surface area contributed by atoms with Crippen LogP contribution >= 0.6 is 11.8 Å². The molecule has 0 bridgehead atoms. The summed E-state index contributed by atoms with van der Waals surface area (Å²) in [5.41, 5.74) is 0.642. The van der Waals surface area contributed by atoms with Gasteiger partial charge in [-0.25, -0.2) is 9.59 Å². The highest BCUT2D eigenvalue weighted by Crippen LogP contribution is 2.29. The maximum atomic E-state index is 11.4. The number of methoxy groups -OCH3 is 1. The van der Waals surface area contributed by atoms with E-state index in [2.05, 4.69) is 4.74 Å². The molecule has 0 aromatic heterocycles. The van der Waals surface area contributed by atoms with Crippen LogP contribution in [0.2, 0.25) is 0 Å². The first-order valence-electron chi connectivity index (χ1n) is 6.85. The van der Waals surface area contributed by atoms with E-state index >= 15 is 0 Å². The number of carbonyl (C=O) groups excluding carboxylic acids is 1. The molecule has 0 aliphatic rings. The lowest BCUT2D eigenvalue weighted by molar-refractivity contribution is -0.136. The molecule has 0 heterocycles. The van der Waals surface area contributed by atoms with Crippen LogP contribution in [0.25, 0.3) is 0 Å². The number of carboxylic acid groups (broad SMARTS) is 2. The molecule has 0 unspecified atom stereocenters. The van der Waals surface area contributed by atoms with Crippen LogP contribution in [0.5, 0.6) is 0 Å². The molecule has 2 aromatic carbocycles. The third-order valence-electron chi connectivity index (χ3n) is 3.16. The summed E-state index contributed by atoms with van der Waals surface area (Å²) < 4.78 is 4.63. The number of aromatic carboxylic acids is 1. The highest BCUT2D eigenvalue weighted by molar-refractivity contribution is 7.99. The minimum absolute atomic E-state index is 0.0252. The summed E-state index contributed by atoms with van der Waals surface area (Å²) in [5.74, 6) is -2.69. The predicted octanol–water partition coefficient (Wildman–Crippen LogP) is 2.95. The van der Waals surface area contributed by atoms with Crippen LogP contribution in [0.4, 0.5) is 0 Å². The van der Waals surface area contributed by atoms with Crippen molar-refractivity contribution in [1.29, 1.82) is 0 Å². The maximum Gasteiger partial charge on any atom is 0.337 e. The highest BCUT2D eigenvalue weighted by Gasteiger charge is 2.14. The lowest BCUT2D eigenvalue weighted by atomic mass is 10.1. The number of hydrogen-bond donors (Lipinski definition) is 2. The molecule has 2 aromatic rings. The Morgan fingerprint density at radius 1 is 1.00 bits per heavy atom. The highest BCUT2D eigenvalue weighted by atomic mass is 32.2. The average molecular weight is 346 g/mol. The second kappa shape index (κ2) is 7.65. The normalized spacial score (nSPS) is 10.2. The second-order valence-electron chi connectivity index (χ2n) is 4.81. The maximum absolute atomic E-state index is 11.4. The topological polar surface area (TPSA) is 101 Å². The fourth-order valence-electron chi connectivity index (χ4n) is 2.06. The van der Waals surface area contributed by atoms with Crippen molar-refractivity contribution >= 4 is 29.7 Å². The van der Waals surface area contributed by atoms with Crippen molar-refractivity contribution in [1.82, 2.24) is 0 Å². The largest absolute Gasteiger partial charge is 0.481 e. The molecule has 0 saturated heterocycles. The van der Waals surface area contributed by atoms with Crippen molar-refractivity contribution in [3.63, 3.8) is 0 Å². The van der Waals surface area contributed by atoms with Crippen LogP contribution in [0.1, 0.15) is 26.3 Å². The number of benzene rings is 2. The SMILES string of the molecule is COC(=O)c1ccc(Sc2ccc(C(=O)O)c(CC(=O)O)c2)cc1. The van der Waals surface area contributed by atoms with Gasteiger partial charge < -0.3 is 14.9 Å². The molecule has 124 valence electrons. The first-order valence-corrected chi connectivity index (χ1v) is 7.66. The van der Waals surface area contributed by atoms with Gasteiger partial charge in [-0.15, -0.1) is 0 Å². The van der Waals surface area contributed by atoms with E-state index in [4.69, 9.17) is 10.2 Å². The van der Waals surface area contributed by atoms with Gasteiger partial charge in [0.25, 0.3) is 0 Å². The Bertz CT molecular complexity index is 782. The number of esters is 1. The molecule has 0 aliphatic carbocycles. The van der Waals surface area contributed by atoms with Crippen molar-refractivity contribution in [2.24, 2.45) is 0 Å². The Hall–Kier alpha value is -2.80.